The molecule has 0 bridgehead atoms. The zero-order valence-corrected chi connectivity index (χ0v) is 19.7. The fraction of sp³-hybridized carbons (Fsp3) is 0.333. The van der Waals surface area contributed by atoms with Crippen LogP contribution in [0, 0.1) is 23.0 Å². The van der Waals surface area contributed by atoms with E-state index in [0.717, 1.165) is 49.2 Å². The number of fused-ring (bicyclic) bond motifs is 4. The number of nitrogens with one attached hydrogen (secondary N) is 1. The van der Waals surface area contributed by atoms with Gasteiger partial charge in [0.2, 0.25) is 5.95 Å². The molecule has 3 aromatic heterocycles. The third kappa shape index (κ3) is 3.32. The Morgan fingerprint density at radius 2 is 2.11 bits per heavy atom. The fourth-order valence-corrected chi connectivity index (χ4v) is 6.01. The minimum Gasteiger partial charge on any atom is -0.389 e. The molecule has 1 aromatic carbocycles. The smallest absolute Gasteiger partial charge is 0.226 e. The van der Waals surface area contributed by atoms with Gasteiger partial charge in [0.1, 0.15) is 16.6 Å². The van der Waals surface area contributed by atoms with Crippen LogP contribution in [0.3, 0.4) is 0 Å². The normalized spacial score (nSPS) is 17.4. The van der Waals surface area contributed by atoms with Gasteiger partial charge in [-0.05, 0) is 24.1 Å². The molecule has 35 heavy (non-hydrogen) atoms. The van der Waals surface area contributed by atoms with Crippen LogP contribution in [0.5, 0.6) is 0 Å². The first-order chi connectivity index (χ1) is 17.0. The molecule has 0 spiro atoms. The molecule has 178 valence electrons. The van der Waals surface area contributed by atoms with Gasteiger partial charge in [0, 0.05) is 41.7 Å². The van der Waals surface area contributed by atoms with Crippen molar-refractivity contribution in [2.24, 2.45) is 0 Å². The molecule has 8 nitrogen and oxygen atoms in total. The molecule has 1 fully saturated rings. The number of halogens is 2. The van der Waals surface area contributed by atoms with Gasteiger partial charge in [-0.2, -0.15) is 5.26 Å². The molecule has 1 atom stereocenters. The molecular weight excluding hydrogens is 472 g/mol. The predicted molar refractivity (Wildman–Crippen MR) is 130 cm³/mol. The van der Waals surface area contributed by atoms with Gasteiger partial charge in [-0.3, -0.25) is 4.98 Å². The highest BCUT2D eigenvalue weighted by Crippen LogP contribution is 2.45. The number of likely N-dealkylation sites (N-methyl/N-ethyl adjacent to an activating group) is 1. The van der Waals surface area contributed by atoms with Crippen molar-refractivity contribution in [3.63, 3.8) is 0 Å². The first-order valence-corrected chi connectivity index (χ1v) is 12.2. The Hall–Kier alpha value is -3.46. The molecule has 1 unspecified atom stereocenters. The fourth-order valence-electron chi connectivity index (χ4n) is 5.09. The lowest BCUT2D eigenvalue weighted by Crippen LogP contribution is -2.32. The maximum atomic E-state index is 16.3. The van der Waals surface area contributed by atoms with Crippen LogP contribution in [0.15, 0.2) is 12.4 Å². The number of nitrogens with two attached hydrogens (primary N) is 1. The van der Waals surface area contributed by atoms with Gasteiger partial charge in [0.05, 0.1) is 35.4 Å². The summed E-state index contributed by atoms with van der Waals surface area (Å²) in [5, 5.41) is 14.1. The zero-order chi connectivity index (χ0) is 24.3. The number of anilines is 2. The molecule has 3 N–H and O–H groups in total. The van der Waals surface area contributed by atoms with Crippen molar-refractivity contribution in [2.75, 3.05) is 30.3 Å². The first-order valence-electron chi connectivity index (χ1n) is 11.3. The quantitative estimate of drug-likeness (QED) is 0.441. The van der Waals surface area contributed by atoms with Gasteiger partial charge in [-0.1, -0.05) is 6.92 Å². The maximum Gasteiger partial charge on any atom is 0.226 e. The third-order valence-electron chi connectivity index (χ3n) is 6.70. The van der Waals surface area contributed by atoms with Gasteiger partial charge in [-0.15, -0.1) is 11.3 Å². The maximum absolute atomic E-state index is 16.3. The minimum absolute atomic E-state index is 0.0917. The van der Waals surface area contributed by atoms with E-state index in [4.69, 9.17) is 10.5 Å². The van der Waals surface area contributed by atoms with Crippen LogP contribution in [0.2, 0.25) is 0 Å². The number of hydrogen-bond acceptors (Lipinski definition) is 9. The van der Waals surface area contributed by atoms with E-state index in [0.29, 0.717) is 22.9 Å². The second-order valence-electron chi connectivity index (χ2n) is 8.67. The number of ether oxygens (including phenoxy) is 1. The summed E-state index contributed by atoms with van der Waals surface area (Å²) in [7, 11) is 0. The summed E-state index contributed by atoms with van der Waals surface area (Å²) in [6, 6.07) is 2.36. The number of hydrogen-bond donors (Lipinski definition) is 2. The Balaban J connectivity index is 1.59. The second kappa shape index (κ2) is 8.34. The van der Waals surface area contributed by atoms with Crippen molar-refractivity contribution in [3.8, 4) is 17.3 Å². The molecule has 0 aliphatic carbocycles. The number of nitrogen functional groups attached to an aromatic ring is 1. The average molecular weight is 494 g/mol. The minimum atomic E-state index is -0.607. The number of thiophene rings is 1. The van der Waals surface area contributed by atoms with E-state index >= 15 is 4.39 Å². The van der Waals surface area contributed by atoms with E-state index in [-0.39, 0.29) is 50.6 Å². The SMILES string of the molecule is CCNC1CCN(c2ncc3c4c(c(-c5ncc(F)c6sc(N)c(C#N)c56)c(F)c3n2)COC4)C1. The summed E-state index contributed by atoms with van der Waals surface area (Å²) in [5.74, 6) is -0.745. The summed E-state index contributed by atoms with van der Waals surface area (Å²) >= 11 is 0.953. The van der Waals surface area contributed by atoms with Crippen LogP contribution in [0.25, 0.3) is 32.2 Å². The molecule has 11 heteroatoms. The van der Waals surface area contributed by atoms with Crippen LogP contribution in [0.1, 0.15) is 30.0 Å². The van der Waals surface area contributed by atoms with E-state index in [9.17, 15) is 9.65 Å². The van der Waals surface area contributed by atoms with Crippen molar-refractivity contribution in [1.82, 2.24) is 20.3 Å². The second-order valence-corrected chi connectivity index (χ2v) is 9.72. The van der Waals surface area contributed by atoms with Crippen molar-refractivity contribution >= 4 is 43.3 Å². The Morgan fingerprint density at radius 3 is 2.91 bits per heavy atom. The van der Waals surface area contributed by atoms with Crippen molar-refractivity contribution < 1.29 is 13.5 Å². The summed E-state index contributed by atoms with van der Waals surface area (Å²) in [6.45, 7) is 4.88. The number of rotatable bonds is 4. The topological polar surface area (TPSA) is 113 Å². The van der Waals surface area contributed by atoms with Crippen LogP contribution in [-0.2, 0) is 18.0 Å². The molecule has 0 saturated carbocycles. The number of nitriles is 1. The van der Waals surface area contributed by atoms with Crippen LogP contribution >= 0.6 is 11.3 Å². The Kier molecular flexibility index (Phi) is 5.25. The largest absolute Gasteiger partial charge is 0.389 e. The molecule has 5 heterocycles. The van der Waals surface area contributed by atoms with Gasteiger partial charge in [0.15, 0.2) is 11.6 Å². The number of benzene rings is 1. The third-order valence-corrected chi connectivity index (χ3v) is 7.72. The molecule has 4 aromatic rings. The summed E-state index contributed by atoms with van der Waals surface area (Å²) in [5.41, 5.74) is 7.96. The highest BCUT2D eigenvalue weighted by molar-refractivity contribution is 7.23. The Labute approximate surface area is 203 Å². The van der Waals surface area contributed by atoms with Gasteiger partial charge in [0.25, 0.3) is 0 Å². The summed E-state index contributed by atoms with van der Waals surface area (Å²) in [4.78, 5) is 15.4. The van der Waals surface area contributed by atoms with Crippen molar-refractivity contribution in [3.05, 3.63) is 40.7 Å². The molecule has 2 aliphatic rings. The number of nitrogens with zero attached hydrogens (tertiary/aromatic N) is 5. The molecule has 0 radical (unpaired) electrons. The van der Waals surface area contributed by atoms with Crippen LogP contribution in [0.4, 0.5) is 19.7 Å². The van der Waals surface area contributed by atoms with Gasteiger partial charge < -0.3 is 20.7 Å². The van der Waals surface area contributed by atoms with Gasteiger partial charge in [-0.25, -0.2) is 18.7 Å². The zero-order valence-electron chi connectivity index (χ0n) is 18.9. The van der Waals surface area contributed by atoms with Crippen LogP contribution < -0.4 is 16.0 Å². The highest BCUT2D eigenvalue weighted by atomic mass is 32.1. The van der Waals surface area contributed by atoms with Crippen molar-refractivity contribution in [1.29, 1.82) is 5.26 Å². The molecule has 2 aliphatic heterocycles. The number of pyridine rings is 1. The Morgan fingerprint density at radius 1 is 1.29 bits per heavy atom. The van der Waals surface area contributed by atoms with Crippen molar-refractivity contribution in [2.45, 2.75) is 32.6 Å². The molecule has 1 saturated heterocycles. The van der Waals surface area contributed by atoms with E-state index < -0.39 is 11.6 Å². The lowest BCUT2D eigenvalue weighted by atomic mass is 9.94. The molecule has 0 amide bonds. The van der Waals surface area contributed by atoms with E-state index in [2.05, 4.69) is 27.2 Å². The lowest BCUT2D eigenvalue weighted by Gasteiger charge is -2.18. The molecule has 6 rings (SSSR count). The van der Waals surface area contributed by atoms with E-state index in [1.54, 1.807) is 6.20 Å². The van der Waals surface area contributed by atoms with Gasteiger partial charge >= 0.3 is 0 Å². The van der Waals surface area contributed by atoms with Crippen LogP contribution in [-0.4, -0.2) is 40.6 Å². The summed E-state index contributed by atoms with van der Waals surface area (Å²) < 4.78 is 36.8. The summed E-state index contributed by atoms with van der Waals surface area (Å²) in [6.07, 6.45) is 3.64. The monoisotopic (exact) mass is 493 g/mol. The Bertz CT molecular complexity index is 1550. The predicted octanol–water partition coefficient (Wildman–Crippen LogP) is 3.86. The standard InChI is InChI=1S/C24H21F2N7OS/c1-2-29-11-3-4-33(8-11)24-31-6-13-14-9-34-10-15(14)17(19(26)20(13)32-24)21-18-12(5-27)23(28)35-22(18)16(25)7-30-21/h6-7,11,29H,2-4,8-10,28H2,1H3. The lowest BCUT2D eigenvalue weighted by molar-refractivity contribution is 0.135. The highest BCUT2D eigenvalue weighted by Gasteiger charge is 2.31. The van der Waals surface area contributed by atoms with E-state index in [1.807, 2.05) is 11.0 Å². The number of aromatic nitrogens is 3. The van der Waals surface area contributed by atoms with E-state index in [1.165, 1.54) is 0 Å². The first kappa shape index (κ1) is 22.0. The molecular formula is C24H21F2N7OS. The average Bonchev–Trinajstić information content (AvgIpc) is 3.59.